The third-order valence-corrected chi connectivity index (χ3v) is 4.77. The summed E-state index contributed by atoms with van der Waals surface area (Å²) < 4.78 is 270. The molecule has 0 bridgehead atoms. The van der Waals surface area contributed by atoms with Crippen molar-refractivity contribution >= 4 is 23.9 Å². The van der Waals surface area contributed by atoms with E-state index in [0.29, 0.717) is 0 Å². The van der Waals surface area contributed by atoms with Gasteiger partial charge >= 0.3 is 83.1 Å². The fraction of sp³-hybridized carbons (Fsp3) is 0.714. The van der Waals surface area contributed by atoms with Crippen molar-refractivity contribution in [2.75, 3.05) is 0 Å². The number of esters is 2. The summed E-state index contributed by atoms with van der Waals surface area (Å²) in [6.07, 6.45) is -34.5. The maximum atomic E-state index is 14.0. The Labute approximate surface area is 206 Å². The second-order valence-corrected chi connectivity index (χ2v) is 7.08. The molecule has 0 atom stereocenters. The van der Waals surface area contributed by atoms with Crippen LogP contribution in [-0.2, 0) is 23.9 Å². The Balaban J connectivity index is 8.10. The highest BCUT2D eigenvalue weighted by Gasteiger charge is 2.97. The van der Waals surface area contributed by atoms with Crippen molar-refractivity contribution in [1.82, 2.24) is 0 Å². The molecule has 0 aromatic carbocycles. The molecule has 0 aliphatic rings. The van der Waals surface area contributed by atoms with Gasteiger partial charge in [-0.2, -0.15) is 87.8 Å². The molecular weight excluding hydrogens is 660 g/mol. The number of aliphatic carboxylic acids is 2. The monoisotopic (exact) mass is 662 g/mol. The molecule has 0 rings (SSSR count). The predicted octanol–water partition coefficient (Wildman–Crippen LogP) is 4.99. The lowest BCUT2D eigenvalue weighted by Gasteiger charge is -2.43. The summed E-state index contributed by atoms with van der Waals surface area (Å²) in [6.45, 7) is 0. The van der Waals surface area contributed by atoms with Crippen LogP contribution in [0.1, 0.15) is 0 Å². The largest absolute Gasteiger partial charge is 0.477 e. The first-order chi connectivity index (χ1) is 17.4. The van der Waals surface area contributed by atoms with Crippen LogP contribution in [0.15, 0.2) is 0 Å². The zero-order valence-corrected chi connectivity index (χ0v) is 17.5. The van der Waals surface area contributed by atoms with E-state index >= 15 is 0 Å². The van der Waals surface area contributed by atoms with Crippen LogP contribution < -0.4 is 0 Å². The zero-order valence-electron chi connectivity index (χ0n) is 17.5. The number of halogens is 20. The quantitative estimate of drug-likeness (QED) is 0.214. The minimum atomic E-state index is -8.74. The van der Waals surface area contributed by atoms with Crippen molar-refractivity contribution in [3.8, 4) is 0 Å². The summed E-state index contributed by atoms with van der Waals surface area (Å²) in [6, 6.07) is 0. The van der Waals surface area contributed by atoms with Crippen LogP contribution >= 0.6 is 0 Å². The van der Waals surface area contributed by atoms with Crippen LogP contribution in [0.4, 0.5) is 87.8 Å². The molecule has 0 amide bonds. The Hall–Kier alpha value is -3.32. The fourth-order valence-corrected chi connectivity index (χ4v) is 2.73. The fourth-order valence-electron chi connectivity index (χ4n) is 2.73. The smallest absolute Gasteiger partial charge is 0.420 e. The van der Waals surface area contributed by atoms with Crippen molar-refractivity contribution in [2.24, 2.45) is 10.8 Å². The molecule has 0 saturated heterocycles. The van der Waals surface area contributed by atoms with E-state index in [4.69, 9.17) is 10.2 Å². The highest BCUT2D eigenvalue weighted by molar-refractivity contribution is 5.96. The van der Waals surface area contributed by atoms with Crippen LogP contribution in [-0.4, -0.2) is 82.5 Å². The van der Waals surface area contributed by atoms with Gasteiger partial charge in [0.15, 0.2) is 0 Å². The molecule has 0 aliphatic heterocycles. The molecule has 0 fully saturated rings. The lowest BCUT2D eigenvalue weighted by molar-refractivity contribution is -0.417. The van der Waals surface area contributed by atoms with Crippen molar-refractivity contribution < 1.29 is 122 Å². The number of carbonyl (C=O) groups excluding carboxylic acids is 2. The normalized spacial score (nSPS) is 15.4. The Kier molecular flexibility index (Phi) is 8.84. The predicted molar refractivity (Wildman–Crippen MR) is 75.2 cm³/mol. The van der Waals surface area contributed by atoms with Crippen LogP contribution in [0.3, 0.4) is 0 Å². The summed E-state index contributed by atoms with van der Waals surface area (Å²) in [5, 5.41) is 15.8. The molecule has 27 heteroatoms. The molecule has 41 heavy (non-hydrogen) atoms. The summed E-state index contributed by atoms with van der Waals surface area (Å²) in [7, 11) is 0. The molecule has 0 aromatic heterocycles. The summed E-state index contributed by atoms with van der Waals surface area (Å²) in [5.74, 6) is -54.4. The molecule has 240 valence electrons. The van der Waals surface area contributed by atoms with Gasteiger partial charge in [0.05, 0.1) is 0 Å². The number of carboxylic acids is 2. The van der Waals surface area contributed by atoms with Crippen molar-refractivity contribution in [3.63, 3.8) is 0 Å². The Morgan fingerprint density at radius 1 is 0.390 bits per heavy atom. The molecular formula is C14H2F20O7. The topological polar surface area (TPSA) is 118 Å². The Morgan fingerprint density at radius 2 is 0.561 bits per heavy atom. The lowest BCUT2D eigenvalue weighted by Crippen LogP contribution is -2.75. The SMILES string of the molecule is O=C(O)C(F)(F)C(F)(F)C(C(=O)OC(=O)C(C(F)(F)F)(C(F)(F)F)C(F)(F)C(F)(F)C(=O)O)(C(F)(F)F)C(F)(F)F. The van der Waals surface area contributed by atoms with Gasteiger partial charge in [0, 0.05) is 0 Å². The molecule has 2 N–H and O–H groups in total. The van der Waals surface area contributed by atoms with E-state index < -0.39 is 83.1 Å². The van der Waals surface area contributed by atoms with Gasteiger partial charge in [-0.25, -0.2) is 19.2 Å². The van der Waals surface area contributed by atoms with Crippen molar-refractivity contribution in [3.05, 3.63) is 0 Å². The number of rotatable bonds is 8. The van der Waals surface area contributed by atoms with Crippen LogP contribution in [0.5, 0.6) is 0 Å². The maximum Gasteiger partial charge on any atom is 0.420 e. The molecule has 0 unspecified atom stereocenters. The number of carboxylic acid groups (broad SMARTS) is 2. The lowest BCUT2D eigenvalue weighted by atomic mass is 9.74. The van der Waals surface area contributed by atoms with Crippen LogP contribution in [0.25, 0.3) is 0 Å². The van der Waals surface area contributed by atoms with Gasteiger partial charge in [-0.1, -0.05) is 0 Å². The van der Waals surface area contributed by atoms with Crippen LogP contribution in [0, 0.1) is 10.8 Å². The summed E-state index contributed by atoms with van der Waals surface area (Å²) in [5.41, 5.74) is -17.5. The first kappa shape index (κ1) is 37.7. The van der Waals surface area contributed by atoms with Gasteiger partial charge in [-0.15, -0.1) is 0 Å². The zero-order chi connectivity index (χ0) is 34.0. The highest BCUT2D eigenvalue weighted by Crippen LogP contribution is 2.66. The molecule has 0 heterocycles. The van der Waals surface area contributed by atoms with Gasteiger partial charge < -0.3 is 14.9 Å². The van der Waals surface area contributed by atoms with E-state index in [2.05, 4.69) is 0 Å². The first-order valence-electron chi connectivity index (χ1n) is 8.45. The number of hydrogen-bond donors (Lipinski definition) is 2. The Morgan fingerprint density at radius 3 is 0.683 bits per heavy atom. The molecule has 0 aromatic rings. The minimum Gasteiger partial charge on any atom is -0.477 e. The van der Waals surface area contributed by atoms with E-state index in [1.165, 1.54) is 0 Å². The van der Waals surface area contributed by atoms with Gasteiger partial charge in [-0.3, -0.25) is 0 Å². The van der Waals surface area contributed by atoms with Gasteiger partial charge in [0.25, 0.3) is 0 Å². The van der Waals surface area contributed by atoms with E-state index in [-0.39, 0.29) is 0 Å². The summed E-state index contributed by atoms with van der Waals surface area (Å²) in [4.78, 5) is 43.5. The molecule has 0 aliphatic carbocycles. The minimum absolute atomic E-state index is 1.64. The molecule has 0 spiro atoms. The number of ether oxygens (including phenoxy) is 1. The standard InChI is InChI=1S/C14H2F20O7/c15-7(16,1(35)36)9(19,20)5(11(23,24)25,12(26,27)28)3(39)41-4(40)6(13(29,30)31,14(32,33)34)10(21,22)8(17,18)2(37)38/h(H,35,36)(H,37,38). The maximum absolute atomic E-state index is 14.0. The number of carbonyl (C=O) groups is 4. The van der Waals surface area contributed by atoms with E-state index in [1.54, 1.807) is 4.74 Å². The average Bonchev–Trinajstić information content (AvgIpc) is 2.62. The van der Waals surface area contributed by atoms with Crippen molar-refractivity contribution in [1.29, 1.82) is 0 Å². The van der Waals surface area contributed by atoms with Gasteiger partial charge in [-0.05, 0) is 0 Å². The second kappa shape index (κ2) is 9.62. The molecule has 0 radical (unpaired) electrons. The number of hydrogen-bond acceptors (Lipinski definition) is 5. The van der Waals surface area contributed by atoms with E-state index in [1.807, 2.05) is 0 Å². The molecule has 7 nitrogen and oxygen atoms in total. The average molecular weight is 662 g/mol. The third kappa shape index (κ3) is 4.72. The first-order valence-corrected chi connectivity index (χ1v) is 8.45. The Bertz CT molecular complexity index is 964. The summed E-state index contributed by atoms with van der Waals surface area (Å²) >= 11 is 0. The third-order valence-electron chi connectivity index (χ3n) is 4.77. The van der Waals surface area contributed by atoms with Crippen molar-refractivity contribution in [2.45, 2.75) is 48.4 Å². The molecule has 0 saturated carbocycles. The number of alkyl halides is 20. The van der Waals surface area contributed by atoms with Gasteiger partial charge in [0.1, 0.15) is 0 Å². The van der Waals surface area contributed by atoms with E-state index in [0.717, 1.165) is 0 Å². The van der Waals surface area contributed by atoms with E-state index in [9.17, 15) is 107 Å². The van der Waals surface area contributed by atoms with Gasteiger partial charge in [0.2, 0.25) is 0 Å². The van der Waals surface area contributed by atoms with Crippen LogP contribution in [0.2, 0.25) is 0 Å². The second-order valence-electron chi connectivity index (χ2n) is 7.08. The highest BCUT2D eigenvalue weighted by atomic mass is 19.4.